The first kappa shape index (κ1) is 14.9. The normalized spacial score (nSPS) is 14.5. The minimum atomic E-state index is -0.282. The molecular formula is C18H19FN4O. The lowest BCUT2D eigenvalue weighted by Crippen LogP contribution is -2.37. The summed E-state index contributed by atoms with van der Waals surface area (Å²) in [4.78, 5) is 22.2. The lowest BCUT2D eigenvalue weighted by atomic mass is 10.00. The molecule has 5 nitrogen and oxygen atoms in total. The summed E-state index contributed by atoms with van der Waals surface area (Å²) in [5.74, 6) is -0.326. The van der Waals surface area contributed by atoms with Crippen LogP contribution in [0.1, 0.15) is 33.0 Å². The van der Waals surface area contributed by atoms with E-state index in [1.165, 1.54) is 6.07 Å². The number of imidazole rings is 1. The number of benzene rings is 1. The van der Waals surface area contributed by atoms with Crippen molar-refractivity contribution in [2.45, 2.75) is 26.8 Å². The zero-order chi connectivity index (χ0) is 17.0. The topological polar surface area (TPSA) is 53.9 Å². The fourth-order valence-corrected chi connectivity index (χ4v) is 3.66. The summed E-state index contributed by atoms with van der Waals surface area (Å²) in [6.07, 6.45) is 2.36. The van der Waals surface area contributed by atoms with Gasteiger partial charge in [-0.1, -0.05) is 6.07 Å². The highest BCUT2D eigenvalue weighted by atomic mass is 19.1. The van der Waals surface area contributed by atoms with E-state index < -0.39 is 0 Å². The van der Waals surface area contributed by atoms with E-state index in [4.69, 9.17) is 0 Å². The highest BCUT2D eigenvalue weighted by Crippen LogP contribution is 2.34. The number of carbonyl (C=O) groups excluding carboxylic acids is 1. The van der Waals surface area contributed by atoms with Crippen molar-refractivity contribution in [1.29, 1.82) is 0 Å². The Balaban J connectivity index is 1.84. The molecule has 0 aliphatic carbocycles. The van der Waals surface area contributed by atoms with Gasteiger partial charge in [-0.3, -0.25) is 4.79 Å². The molecule has 1 aliphatic rings. The average molecular weight is 326 g/mol. The lowest BCUT2D eigenvalue weighted by molar-refractivity contribution is 0.0725. The monoisotopic (exact) mass is 326 g/mol. The van der Waals surface area contributed by atoms with Gasteiger partial charge in [0.25, 0.3) is 5.91 Å². The number of carbonyl (C=O) groups is 1. The van der Waals surface area contributed by atoms with Crippen LogP contribution in [-0.2, 0) is 20.0 Å². The zero-order valence-electron chi connectivity index (χ0n) is 14.0. The van der Waals surface area contributed by atoms with Crippen molar-refractivity contribution in [3.63, 3.8) is 0 Å². The van der Waals surface area contributed by atoms with Crippen molar-refractivity contribution in [2.75, 3.05) is 6.54 Å². The molecule has 0 radical (unpaired) electrons. The summed E-state index contributed by atoms with van der Waals surface area (Å²) in [7, 11) is 1.84. The van der Waals surface area contributed by atoms with E-state index in [2.05, 4.69) is 9.97 Å². The van der Waals surface area contributed by atoms with Crippen molar-refractivity contribution in [2.24, 2.45) is 7.05 Å². The third-order valence-electron chi connectivity index (χ3n) is 5.01. The Hall–Kier alpha value is -2.63. The van der Waals surface area contributed by atoms with Gasteiger partial charge in [-0.05, 0) is 25.5 Å². The lowest BCUT2D eigenvalue weighted by Gasteiger charge is -2.27. The first-order chi connectivity index (χ1) is 11.5. The summed E-state index contributed by atoms with van der Waals surface area (Å²) in [6.45, 7) is 4.95. The maximum Gasteiger partial charge on any atom is 0.256 e. The minimum absolute atomic E-state index is 0.0436. The van der Waals surface area contributed by atoms with Crippen molar-refractivity contribution in [3.05, 3.63) is 52.5 Å². The van der Waals surface area contributed by atoms with Crippen LogP contribution in [0.15, 0.2) is 18.5 Å². The first-order valence-corrected chi connectivity index (χ1v) is 8.03. The molecule has 4 rings (SSSR count). The van der Waals surface area contributed by atoms with Crippen molar-refractivity contribution in [3.8, 4) is 0 Å². The molecule has 1 N–H and O–H groups in total. The maximum atomic E-state index is 14.3. The standard InChI is InChI=1S/C18H19FN4O/c1-10-4-5-12(19)17-15(10)16-14(22(17)3)6-7-23(18(16)24)8-13-11(2)20-9-21-13/h4-5,9H,6-8H2,1-3H3,(H,20,21). The van der Waals surface area contributed by atoms with Crippen LogP contribution in [0.2, 0.25) is 0 Å². The number of amides is 1. The predicted octanol–water partition coefficient (Wildman–Crippen LogP) is 2.86. The first-order valence-electron chi connectivity index (χ1n) is 8.03. The molecule has 3 aromatic rings. The Kier molecular flexibility index (Phi) is 3.23. The van der Waals surface area contributed by atoms with E-state index in [-0.39, 0.29) is 11.7 Å². The van der Waals surface area contributed by atoms with Crippen LogP contribution in [0.25, 0.3) is 10.9 Å². The zero-order valence-corrected chi connectivity index (χ0v) is 14.0. The highest BCUT2D eigenvalue weighted by Gasteiger charge is 2.32. The average Bonchev–Trinajstić information content (AvgIpc) is 3.09. The highest BCUT2D eigenvalue weighted by molar-refractivity contribution is 6.10. The minimum Gasteiger partial charge on any atom is -0.348 e. The second-order valence-electron chi connectivity index (χ2n) is 6.42. The fraction of sp³-hybridized carbons (Fsp3) is 0.333. The molecule has 0 bridgehead atoms. The summed E-state index contributed by atoms with van der Waals surface area (Å²) >= 11 is 0. The van der Waals surface area contributed by atoms with E-state index in [9.17, 15) is 9.18 Å². The van der Waals surface area contributed by atoms with Crippen LogP contribution in [0.3, 0.4) is 0 Å². The van der Waals surface area contributed by atoms with Gasteiger partial charge >= 0.3 is 0 Å². The quantitative estimate of drug-likeness (QED) is 0.787. The Labute approximate surface area is 139 Å². The molecule has 1 aliphatic heterocycles. The van der Waals surface area contributed by atoms with Crippen molar-refractivity contribution < 1.29 is 9.18 Å². The van der Waals surface area contributed by atoms with E-state index in [0.29, 0.717) is 30.6 Å². The van der Waals surface area contributed by atoms with Crippen LogP contribution in [0.4, 0.5) is 4.39 Å². The van der Waals surface area contributed by atoms with Gasteiger partial charge in [-0.2, -0.15) is 0 Å². The van der Waals surface area contributed by atoms with Crippen molar-refractivity contribution >= 4 is 16.8 Å². The third kappa shape index (κ3) is 1.99. The van der Waals surface area contributed by atoms with Crippen LogP contribution in [0, 0.1) is 19.7 Å². The Morgan fingerprint density at radius 3 is 2.83 bits per heavy atom. The van der Waals surface area contributed by atoms with E-state index >= 15 is 0 Å². The van der Waals surface area contributed by atoms with Gasteiger partial charge in [0, 0.05) is 36.8 Å². The Morgan fingerprint density at radius 1 is 1.33 bits per heavy atom. The number of hydrogen-bond acceptors (Lipinski definition) is 2. The Bertz CT molecular complexity index is 969. The number of aromatic nitrogens is 3. The molecule has 0 saturated carbocycles. The van der Waals surface area contributed by atoms with E-state index in [1.54, 1.807) is 17.3 Å². The Morgan fingerprint density at radius 2 is 2.12 bits per heavy atom. The molecule has 1 amide bonds. The number of H-pyrrole nitrogens is 1. The molecule has 1 aromatic carbocycles. The van der Waals surface area contributed by atoms with Gasteiger partial charge in [0.2, 0.25) is 0 Å². The molecule has 6 heteroatoms. The summed E-state index contributed by atoms with van der Waals surface area (Å²) < 4.78 is 16.2. The van der Waals surface area contributed by atoms with Gasteiger partial charge in [0.05, 0.1) is 29.6 Å². The molecule has 2 aromatic heterocycles. The number of nitrogens with one attached hydrogen (secondary N) is 1. The number of rotatable bonds is 2. The largest absolute Gasteiger partial charge is 0.348 e. The molecular weight excluding hydrogens is 307 g/mol. The summed E-state index contributed by atoms with van der Waals surface area (Å²) in [5, 5.41) is 0.737. The molecule has 0 spiro atoms. The maximum absolute atomic E-state index is 14.3. The third-order valence-corrected chi connectivity index (χ3v) is 5.01. The van der Waals surface area contributed by atoms with Gasteiger partial charge in [0.1, 0.15) is 5.82 Å². The molecule has 24 heavy (non-hydrogen) atoms. The number of halogens is 1. The number of hydrogen-bond donors (Lipinski definition) is 1. The van der Waals surface area contributed by atoms with Crippen LogP contribution in [-0.4, -0.2) is 31.9 Å². The summed E-state index contributed by atoms with van der Waals surface area (Å²) in [6, 6.07) is 3.21. The molecule has 0 unspecified atom stereocenters. The van der Waals surface area contributed by atoms with Gasteiger partial charge in [-0.15, -0.1) is 0 Å². The second kappa shape index (κ2) is 5.19. The van der Waals surface area contributed by atoms with E-state index in [0.717, 1.165) is 28.0 Å². The number of aromatic amines is 1. The van der Waals surface area contributed by atoms with E-state index in [1.807, 2.05) is 25.5 Å². The van der Waals surface area contributed by atoms with Gasteiger partial charge in [0.15, 0.2) is 0 Å². The molecule has 0 saturated heterocycles. The number of aryl methyl sites for hydroxylation is 3. The smallest absolute Gasteiger partial charge is 0.256 e. The molecule has 124 valence electrons. The van der Waals surface area contributed by atoms with Gasteiger partial charge < -0.3 is 14.5 Å². The molecule has 3 heterocycles. The van der Waals surface area contributed by atoms with Crippen molar-refractivity contribution in [1.82, 2.24) is 19.4 Å². The fourth-order valence-electron chi connectivity index (χ4n) is 3.66. The second-order valence-corrected chi connectivity index (χ2v) is 6.42. The number of nitrogens with zero attached hydrogens (tertiary/aromatic N) is 3. The summed E-state index contributed by atoms with van der Waals surface area (Å²) in [5.41, 5.74) is 4.84. The molecule has 0 fully saturated rings. The SMILES string of the molecule is Cc1[nH]cnc1CN1CCc2c(c3c(C)ccc(F)c3n2C)C1=O. The van der Waals surface area contributed by atoms with Gasteiger partial charge in [-0.25, -0.2) is 9.37 Å². The van der Waals surface area contributed by atoms with Crippen LogP contribution >= 0.6 is 0 Å². The number of fused-ring (bicyclic) bond motifs is 3. The van der Waals surface area contributed by atoms with Crippen LogP contribution in [0.5, 0.6) is 0 Å². The molecule has 0 atom stereocenters. The van der Waals surface area contributed by atoms with Crippen LogP contribution < -0.4 is 0 Å². The predicted molar refractivity (Wildman–Crippen MR) is 89.4 cm³/mol.